The Bertz CT molecular complexity index is 1070. The number of thiophene rings is 1. The van der Waals surface area contributed by atoms with Gasteiger partial charge in [-0.1, -0.05) is 36.4 Å². The SMILES string of the molecule is COCCCOc1cc(C(=O)N(Cc2cccs2)C[C@H]2CNC[C@@H]2Cc2ccccc2)ccc1OC. The van der Waals surface area contributed by atoms with Gasteiger partial charge in [0.05, 0.1) is 20.3 Å². The van der Waals surface area contributed by atoms with Crippen LogP contribution in [0.4, 0.5) is 0 Å². The van der Waals surface area contributed by atoms with Gasteiger partial charge in [-0.15, -0.1) is 11.3 Å². The number of ether oxygens (including phenoxy) is 3. The summed E-state index contributed by atoms with van der Waals surface area (Å²) in [7, 11) is 3.29. The van der Waals surface area contributed by atoms with Crippen molar-refractivity contribution in [1.29, 1.82) is 0 Å². The average Bonchev–Trinajstić information content (AvgIpc) is 3.58. The zero-order chi connectivity index (χ0) is 25.2. The minimum absolute atomic E-state index is 0.0122. The van der Waals surface area contributed by atoms with Gasteiger partial charge in [0.2, 0.25) is 0 Å². The van der Waals surface area contributed by atoms with Gasteiger partial charge in [-0.25, -0.2) is 0 Å². The lowest BCUT2D eigenvalue weighted by Gasteiger charge is -2.28. The molecule has 2 atom stereocenters. The number of carbonyl (C=O) groups is 1. The van der Waals surface area contributed by atoms with E-state index in [0.29, 0.717) is 55.2 Å². The zero-order valence-corrected chi connectivity index (χ0v) is 22.0. The lowest BCUT2D eigenvalue weighted by molar-refractivity contribution is 0.0706. The molecule has 2 aromatic carbocycles. The zero-order valence-electron chi connectivity index (χ0n) is 21.2. The Morgan fingerprint density at radius 1 is 1.00 bits per heavy atom. The third-order valence-corrected chi connectivity index (χ3v) is 7.51. The van der Waals surface area contributed by atoms with Crippen molar-refractivity contribution in [3.8, 4) is 11.5 Å². The Morgan fingerprint density at radius 2 is 1.83 bits per heavy atom. The van der Waals surface area contributed by atoms with E-state index in [0.717, 1.165) is 25.9 Å². The molecule has 1 aromatic heterocycles. The Balaban J connectivity index is 1.51. The van der Waals surface area contributed by atoms with Crippen LogP contribution in [0.15, 0.2) is 66.0 Å². The van der Waals surface area contributed by atoms with Crippen molar-refractivity contribution in [2.24, 2.45) is 11.8 Å². The van der Waals surface area contributed by atoms with E-state index in [1.54, 1.807) is 25.6 Å². The number of carbonyl (C=O) groups excluding carboxylic acids is 1. The number of nitrogens with zero attached hydrogens (tertiary/aromatic N) is 1. The molecule has 1 amide bonds. The minimum atomic E-state index is 0.0122. The van der Waals surface area contributed by atoms with Crippen LogP contribution in [0.5, 0.6) is 11.5 Å². The molecule has 0 spiro atoms. The average molecular weight is 509 g/mol. The molecule has 36 heavy (non-hydrogen) atoms. The largest absolute Gasteiger partial charge is 0.493 e. The first-order valence-corrected chi connectivity index (χ1v) is 13.4. The van der Waals surface area contributed by atoms with Gasteiger partial charge in [0.15, 0.2) is 11.5 Å². The second-order valence-corrected chi connectivity index (χ2v) is 10.2. The molecular formula is C29H36N2O4S. The second kappa shape index (κ2) is 13.4. The van der Waals surface area contributed by atoms with E-state index in [1.165, 1.54) is 10.4 Å². The van der Waals surface area contributed by atoms with Crippen LogP contribution in [0, 0.1) is 11.8 Å². The standard InChI is InChI=1S/C29H36N2O4S/c1-33-13-7-14-35-28-17-23(11-12-27(28)34-2)29(32)31(21-26-10-6-15-36-26)20-25-19-30-18-24(25)16-22-8-4-3-5-9-22/h3-6,8-12,15,17,24-25,30H,7,13-14,16,18-21H2,1-2H3/t24-,25+/m0/s1. The summed E-state index contributed by atoms with van der Waals surface area (Å²) in [6.07, 6.45) is 1.78. The lowest BCUT2D eigenvalue weighted by atomic mass is 9.89. The number of hydrogen-bond acceptors (Lipinski definition) is 6. The first-order chi connectivity index (χ1) is 17.7. The summed E-state index contributed by atoms with van der Waals surface area (Å²) < 4.78 is 16.5. The fraction of sp³-hybridized carbons (Fsp3) is 0.414. The molecule has 0 radical (unpaired) electrons. The lowest BCUT2D eigenvalue weighted by Crippen LogP contribution is -2.37. The maximum absolute atomic E-state index is 13.8. The number of amides is 1. The monoisotopic (exact) mass is 508 g/mol. The summed E-state index contributed by atoms with van der Waals surface area (Å²) in [6.45, 7) is 4.31. The molecule has 0 bridgehead atoms. The summed E-state index contributed by atoms with van der Waals surface area (Å²) in [4.78, 5) is 17.0. The van der Waals surface area contributed by atoms with E-state index >= 15 is 0 Å². The third kappa shape index (κ3) is 7.09. The molecule has 1 fully saturated rings. The summed E-state index contributed by atoms with van der Waals surface area (Å²) in [5.41, 5.74) is 1.96. The van der Waals surface area contributed by atoms with Gasteiger partial charge < -0.3 is 24.4 Å². The van der Waals surface area contributed by atoms with E-state index in [1.807, 2.05) is 29.2 Å². The van der Waals surface area contributed by atoms with Gasteiger partial charge in [0, 0.05) is 37.1 Å². The van der Waals surface area contributed by atoms with Crippen molar-refractivity contribution >= 4 is 17.2 Å². The molecule has 0 unspecified atom stereocenters. The highest BCUT2D eigenvalue weighted by Gasteiger charge is 2.31. The van der Waals surface area contributed by atoms with Gasteiger partial charge in [-0.3, -0.25) is 4.79 Å². The van der Waals surface area contributed by atoms with E-state index in [4.69, 9.17) is 14.2 Å². The number of benzene rings is 2. The Hall–Kier alpha value is -2.87. The third-order valence-electron chi connectivity index (χ3n) is 6.65. The molecule has 192 valence electrons. The van der Waals surface area contributed by atoms with Crippen LogP contribution in [-0.2, 0) is 17.7 Å². The maximum Gasteiger partial charge on any atom is 0.254 e. The van der Waals surface area contributed by atoms with E-state index in [9.17, 15) is 4.79 Å². The molecule has 1 N–H and O–H groups in total. The summed E-state index contributed by atoms with van der Waals surface area (Å²) in [5.74, 6) is 2.09. The smallest absolute Gasteiger partial charge is 0.254 e. The summed E-state index contributed by atoms with van der Waals surface area (Å²) >= 11 is 1.68. The Morgan fingerprint density at radius 3 is 2.58 bits per heavy atom. The van der Waals surface area contributed by atoms with Gasteiger partial charge >= 0.3 is 0 Å². The molecule has 4 rings (SSSR count). The first-order valence-electron chi connectivity index (χ1n) is 12.5. The van der Waals surface area contributed by atoms with E-state index in [2.05, 4.69) is 47.1 Å². The van der Waals surface area contributed by atoms with Gasteiger partial charge in [0.25, 0.3) is 5.91 Å². The molecule has 2 heterocycles. The van der Waals surface area contributed by atoms with E-state index in [-0.39, 0.29) is 5.91 Å². The van der Waals surface area contributed by atoms with Gasteiger partial charge in [-0.2, -0.15) is 0 Å². The predicted molar refractivity (Wildman–Crippen MR) is 144 cm³/mol. The summed E-state index contributed by atoms with van der Waals surface area (Å²) in [5, 5.41) is 5.62. The van der Waals surface area contributed by atoms with Crippen LogP contribution in [0.1, 0.15) is 27.2 Å². The predicted octanol–water partition coefficient (Wildman–Crippen LogP) is 4.89. The second-order valence-electron chi connectivity index (χ2n) is 9.19. The van der Waals surface area contributed by atoms with Crippen molar-refractivity contribution < 1.29 is 19.0 Å². The van der Waals surface area contributed by atoms with Crippen LogP contribution in [-0.4, -0.2) is 57.9 Å². The highest BCUT2D eigenvalue weighted by Crippen LogP contribution is 2.30. The molecule has 7 heteroatoms. The fourth-order valence-electron chi connectivity index (χ4n) is 4.74. The minimum Gasteiger partial charge on any atom is -0.493 e. The molecule has 1 aliphatic heterocycles. The quantitative estimate of drug-likeness (QED) is 0.333. The molecule has 0 aliphatic carbocycles. The summed E-state index contributed by atoms with van der Waals surface area (Å²) in [6, 6.07) is 20.2. The van der Waals surface area contributed by atoms with Crippen LogP contribution in [0.3, 0.4) is 0 Å². The van der Waals surface area contributed by atoms with Crippen molar-refractivity contribution in [2.45, 2.75) is 19.4 Å². The molecule has 3 aromatic rings. The molecule has 0 saturated carbocycles. The maximum atomic E-state index is 13.8. The van der Waals surface area contributed by atoms with Crippen molar-refractivity contribution in [3.63, 3.8) is 0 Å². The fourth-order valence-corrected chi connectivity index (χ4v) is 5.46. The van der Waals surface area contributed by atoms with Crippen molar-refractivity contribution in [2.75, 3.05) is 47.1 Å². The number of nitrogens with one attached hydrogen (secondary N) is 1. The highest BCUT2D eigenvalue weighted by atomic mass is 32.1. The highest BCUT2D eigenvalue weighted by molar-refractivity contribution is 7.09. The van der Waals surface area contributed by atoms with Crippen LogP contribution >= 0.6 is 11.3 Å². The molecular weight excluding hydrogens is 472 g/mol. The van der Waals surface area contributed by atoms with Crippen LogP contribution < -0.4 is 14.8 Å². The normalized spacial score (nSPS) is 17.2. The Labute approximate surface area is 218 Å². The molecule has 1 aliphatic rings. The van der Waals surface area contributed by atoms with Gasteiger partial charge in [0.1, 0.15) is 0 Å². The van der Waals surface area contributed by atoms with Crippen molar-refractivity contribution in [1.82, 2.24) is 10.2 Å². The number of methoxy groups -OCH3 is 2. The number of hydrogen-bond donors (Lipinski definition) is 1. The van der Waals surface area contributed by atoms with Crippen LogP contribution in [0.25, 0.3) is 0 Å². The molecule has 1 saturated heterocycles. The first kappa shape index (κ1) is 26.2. The topological polar surface area (TPSA) is 60.0 Å². The van der Waals surface area contributed by atoms with Crippen LogP contribution in [0.2, 0.25) is 0 Å². The Kier molecular flexibility index (Phi) is 9.78. The van der Waals surface area contributed by atoms with Crippen molar-refractivity contribution in [3.05, 3.63) is 82.0 Å². The van der Waals surface area contributed by atoms with E-state index < -0.39 is 0 Å². The number of rotatable bonds is 13. The van der Waals surface area contributed by atoms with Gasteiger partial charge in [-0.05, 0) is 66.6 Å². The molecule has 6 nitrogen and oxygen atoms in total.